The Morgan fingerprint density at radius 2 is 2.00 bits per heavy atom. The molecule has 0 bridgehead atoms. The molecule has 0 spiro atoms. The minimum atomic E-state index is -4.29. The summed E-state index contributed by atoms with van der Waals surface area (Å²) in [5.74, 6) is 0.376. The molecule has 1 aromatic rings. The van der Waals surface area contributed by atoms with Crippen LogP contribution in [0, 0.1) is 11.3 Å². The number of alkyl halides is 3. The van der Waals surface area contributed by atoms with Crippen molar-refractivity contribution < 1.29 is 13.2 Å². The van der Waals surface area contributed by atoms with Gasteiger partial charge in [-0.3, -0.25) is 0 Å². The van der Waals surface area contributed by atoms with Gasteiger partial charge in [-0.05, 0) is 42.2 Å². The first-order valence-corrected chi connectivity index (χ1v) is 7.62. The summed E-state index contributed by atoms with van der Waals surface area (Å²) < 4.78 is 38.3. The average molecular weight is 299 g/mol. The zero-order valence-electron chi connectivity index (χ0n) is 12.7. The summed E-state index contributed by atoms with van der Waals surface area (Å²) in [5.41, 5.74) is 6.61. The molecule has 2 atom stereocenters. The normalized spacial score (nSPS) is 23.8. The summed E-state index contributed by atoms with van der Waals surface area (Å²) in [6.45, 7) is 4.45. The van der Waals surface area contributed by atoms with Crippen LogP contribution in [0.25, 0.3) is 0 Å². The molecule has 1 saturated carbocycles. The third-order valence-electron chi connectivity index (χ3n) is 4.83. The monoisotopic (exact) mass is 299 g/mol. The first-order chi connectivity index (χ1) is 9.70. The van der Waals surface area contributed by atoms with Crippen molar-refractivity contribution in [2.45, 2.75) is 58.2 Å². The Hall–Kier alpha value is -1.03. The second-order valence-corrected chi connectivity index (χ2v) is 6.91. The molecule has 0 saturated heterocycles. The highest BCUT2D eigenvalue weighted by atomic mass is 19.4. The molecular weight excluding hydrogens is 275 g/mol. The predicted molar refractivity (Wildman–Crippen MR) is 78.9 cm³/mol. The maximum atomic E-state index is 12.8. The lowest BCUT2D eigenvalue weighted by molar-refractivity contribution is -0.137. The van der Waals surface area contributed by atoms with Gasteiger partial charge in [0.1, 0.15) is 0 Å². The minimum Gasteiger partial charge on any atom is -0.327 e. The van der Waals surface area contributed by atoms with E-state index in [-0.39, 0.29) is 11.5 Å². The van der Waals surface area contributed by atoms with Crippen LogP contribution in [0.2, 0.25) is 0 Å². The van der Waals surface area contributed by atoms with Crippen LogP contribution in [-0.4, -0.2) is 6.04 Å². The molecule has 4 heteroatoms. The lowest BCUT2D eigenvalue weighted by Crippen LogP contribution is -2.43. The van der Waals surface area contributed by atoms with E-state index >= 15 is 0 Å². The van der Waals surface area contributed by atoms with Gasteiger partial charge in [0.05, 0.1) is 5.56 Å². The average Bonchev–Trinajstić information content (AvgIpc) is 2.37. The summed E-state index contributed by atoms with van der Waals surface area (Å²) >= 11 is 0. The molecule has 2 rings (SSSR count). The van der Waals surface area contributed by atoms with Gasteiger partial charge >= 0.3 is 6.18 Å². The van der Waals surface area contributed by atoms with Crippen LogP contribution in [0.15, 0.2) is 24.3 Å². The van der Waals surface area contributed by atoms with Gasteiger partial charge in [0.2, 0.25) is 0 Å². The van der Waals surface area contributed by atoms with Crippen molar-refractivity contribution in [3.63, 3.8) is 0 Å². The molecule has 21 heavy (non-hydrogen) atoms. The standard InChI is InChI=1S/C17H24F3N/c1-16(2)9-4-3-8-14(16)15(21)11-12-6-5-7-13(10-12)17(18,19)20/h5-7,10,14-15H,3-4,8-9,11,21H2,1-2H3. The van der Waals surface area contributed by atoms with Gasteiger partial charge in [0.15, 0.2) is 0 Å². The van der Waals surface area contributed by atoms with Crippen LogP contribution in [0.5, 0.6) is 0 Å². The number of hydrogen-bond donors (Lipinski definition) is 1. The zero-order chi connectivity index (χ0) is 15.7. The summed E-state index contributed by atoms with van der Waals surface area (Å²) in [4.78, 5) is 0. The maximum absolute atomic E-state index is 12.8. The molecule has 1 aromatic carbocycles. The quantitative estimate of drug-likeness (QED) is 0.853. The lowest BCUT2D eigenvalue weighted by Gasteiger charge is -2.42. The molecule has 118 valence electrons. The van der Waals surface area contributed by atoms with E-state index in [1.165, 1.54) is 25.0 Å². The first kappa shape index (κ1) is 16.3. The molecule has 0 amide bonds. The third-order valence-corrected chi connectivity index (χ3v) is 4.83. The molecule has 1 aliphatic carbocycles. The van der Waals surface area contributed by atoms with Crippen molar-refractivity contribution in [3.05, 3.63) is 35.4 Å². The summed E-state index contributed by atoms with van der Waals surface area (Å²) in [6, 6.07) is 5.47. The predicted octanol–water partition coefficient (Wildman–Crippen LogP) is 4.79. The fraction of sp³-hybridized carbons (Fsp3) is 0.647. The third kappa shape index (κ3) is 4.00. The van der Waals surface area contributed by atoms with Gasteiger partial charge in [-0.1, -0.05) is 44.9 Å². The second-order valence-electron chi connectivity index (χ2n) is 6.91. The maximum Gasteiger partial charge on any atom is 0.416 e. The van der Waals surface area contributed by atoms with E-state index in [1.54, 1.807) is 6.07 Å². The van der Waals surface area contributed by atoms with Gasteiger partial charge in [-0.2, -0.15) is 13.2 Å². The van der Waals surface area contributed by atoms with Crippen LogP contribution in [-0.2, 0) is 12.6 Å². The van der Waals surface area contributed by atoms with Crippen molar-refractivity contribution in [1.29, 1.82) is 0 Å². The van der Waals surface area contributed by atoms with Crippen LogP contribution in [0.4, 0.5) is 13.2 Å². The minimum absolute atomic E-state index is 0.0798. The van der Waals surface area contributed by atoms with Crippen LogP contribution >= 0.6 is 0 Å². The van der Waals surface area contributed by atoms with Crippen molar-refractivity contribution in [2.24, 2.45) is 17.1 Å². The van der Waals surface area contributed by atoms with Gasteiger partial charge < -0.3 is 5.73 Å². The number of benzene rings is 1. The van der Waals surface area contributed by atoms with E-state index < -0.39 is 11.7 Å². The summed E-state index contributed by atoms with van der Waals surface area (Å²) in [6.07, 6.45) is 0.841. The highest BCUT2D eigenvalue weighted by molar-refractivity contribution is 5.26. The summed E-state index contributed by atoms with van der Waals surface area (Å²) in [7, 11) is 0. The van der Waals surface area contributed by atoms with Gasteiger partial charge in [0, 0.05) is 6.04 Å². The molecule has 0 aliphatic heterocycles. The molecule has 0 radical (unpaired) electrons. The van der Waals surface area contributed by atoms with Gasteiger partial charge in [0.25, 0.3) is 0 Å². The molecule has 2 N–H and O–H groups in total. The summed E-state index contributed by atoms with van der Waals surface area (Å²) in [5, 5.41) is 0. The van der Waals surface area contributed by atoms with E-state index in [2.05, 4.69) is 13.8 Å². The molecule has 2 unspecified atom stereocenters. The Morgan fingerprint density at radius 1 is 1.29 bits per heavy atom. The Labute approximate surface area is 124 Å². The fourth-order valence-corrected chi connectivity index (χ4v) is 3.60. The molecule has 1 aliphatic rings. The van der Waals surface area contributed by atoms with E-state index in [0.717, 1.165) is 18.9 Å². The largest absolute Gasteiger partial charge is 0.416 e. The number of nitrogens with two attached hydrogens (primary N) is 1. The van der Waals surface area contributed by atoms with E-state index in [4.69, 9.17) is 5.73 Å². The highest BCUT2D eigenvalue weighted by Crippen LogP contribution is 2.42. The first-order valence-electron chi connectivity index (χ1n) is 7.62. The van der Waals surface area contributed by atoms with Crippen molar-refractivity contribution in [2.75, 3.05) is 0 Å². The SMILES string of the molecule is CC1(C)CCCCC1C(N)Cc1cccc(C(F)(F)F)c1. The zero-order valence-corrected chi connectivity index (χ0v) is 12.7. The van der Waals surface area contributed by atoms with Crippen molar-refractivity contribution in [3.8, 4) is 0 Å². The van der Waals surface area contributed by atoms with E-state index in [0.29, 0.717) is 17.9 Å². The Morgan fingerprint density at radius 3 is 2.62 bits per heavy atom. The van der Waals surface area contributed by atoms with Crippen molar-refractivity contribution >= 4 is 0 Å². The molecular formula is C17H24F3N. The number of halogens is 3. The fourth-order valence-electron chi connectivity index (χ4n) is 3.60. The Kier molecular flexibility index (Phi) is 4.66. The van der Waals surface area contributed by atoms with Crippen molar-refractivity contribution in [1.82, 2.24) is 0 Å². The lowest BCUT2D eigenvalue weighted by atomic mass is 9.65. The van der Waals surface area contributed by atoms with Crippen LogP contribution in [0.1, 0.15) is 50.7 Å². The molecule has 1 nitrogen and oxygen atoms in total. The number of rotatable bonds is 3. The smallest absolute Gasteiger partial charge is 0.327 e. The molecule has 0 aromatic heterocycles. The second kappa shape index (κ2) is 5.99. The molecule has 1 fully saturated rings. The van der Waals surface area contributed by atoms with Gasteiger partial charge in [-0.15, -0.1) is 0 Å². The molecule has 0 heterocycles. The number of hydrogen-bond acceptors (Lipinski definition) is 1. The Balaban J connectivity index is 2.10. The van der Waals surface area contributed by atoms with E-state index in [1.807, 2.05) is 0 Å². The van der Waals surface area contributed by atoms with Crippen LogP contribution < -0.4 is 5.73 Å². The topological polar surface area (TPSA) is 26.0 Å². The van der Waals surface area contributed by atoms with Gasteiger partial charge in [-0.25, -0.2) is 0 Å². The van der Waals surface area contributed by atoms with E-state index in [9.17, 15) is 13.2 Å². The Bertz CT molecular complexity index is 479. The van der Waals surface area contributed by atoms with Crippen LogP contribution in [0.3, 0.4) is 0 Å². The highest BCUT2D eigenvalue weighted by Gasteiger charge is 2.36.